The Morgan fingerprint density at radius 2 is 1.88 bits per heavy atom. The first-order valence-corrected chi connectivity index (χ1v) is 11.2. The molecule has 0 unspecified atom stereocenters. The number of hydrogen-bond donors (Lipinski definition) is 1. The number of thioether (sulfide) groups is 1. The first kappa shape index (κ1) is 23.6. The molecule has 2 heterocycles. The fraction of sp³-hybridized carbons (Fsp3) is 0.217. The van der Waals surface area contributed by atoms with Crippen molar-refractivity contribution in [3.8, 4) is 5.75 Å². The van der Waals surface area contributed by atoms with E-state index >= 15 is 0 Å². The van der Waals surface area contributed by atoms with Gasteiger partial charge in [0.25, 0.3) is 5.91 Å². The van der Waals surface area contributed by atoms with Gasteiger partial charge >= 0.3 is 6.18 Å². The van der Waals surface area contributed by atoms with Crippen LogP contribution in [0.15, 0.2) is 65.7 Å². The van der Waals surface area contributed by atoms with Crippen molar-refractivity contribution in [3.63, 3.8) is 0 Å². The Morgan fingerprint density at radius 3 is 2.62 bits per heavy atom. The Kier molecular flexibility index (Phi) is 7.01. The van der Waals surface area contributed by atoms with Crippen molar-refractivity contribution in [1.82, 2.24) is 25.1 Å². The zero-order chi connectivity index (χ0) is 24.1. The van der Waals surface area contributed by atoms with Crippen molar-refractivity contribution in [2.75, 3.05) is 13.7 Å². The summed E-state index contributed by atoms with van der Waals surface area (Å²) in [5.74, 6) is 1.34. The van der Waals surface area contributed by atoms with Gasteiger partial charge < -0.3 is 10.1 Å². The van der Waals surface area contributed by atoms with Crippen molar-refractivity contribution in [1.29, 1.82) is 0 Å². The monoisotopic (exact) mass is 487 g/mol. The van der Waals surface area contributed by atoms with Gasteiger partial charge in [0.2, 0.25) is 0 Å². The molecule has 4 aromatic rings. The molecule has 1 amide bonds. The molecule has 2 aromatic heterocycles. The van der Waals surface area contributed by atoms with E-state index in [2.05, 4.69) is 20.6 Å². The predicted octanol–water partition coefficient (Wildman–Crippen LogP) is 4.42. The average Bonchev–Trinajstić information content (AvgIpc) is 3.24. The lowest BCUT2D eigenvalue weighted by atomic mass is 10.1. The van der Waals surface area contributed by atoms with Crippen LogP contribution in [0.1, 0.15) is 27.3 Å². The van der Waals surface area contributed by atoms with E-state index in [1.807, 2.05) is 0 Å². The van der Waals surface area contributed by atoms with Gasteiger partial charge in [-0.1, -0.05) is 30.0 Å². The van der Waals surface area contributed by atoms with E-state index in [1.165, 1.54) is 17.8 Å². The maximum atomic E-state index is 12.9. The quantitative estimate of drug-likeness (QED) is 0.371. The summed E-state index contributed by atoms with van der Waals surface area (Å²) in [5, 5.41) is 16.2. The van der Waals surface area contributed by atoms with E-state index in [9.17, 15) is 18.0 Å². The van der Waals surface area contributed by atoms with Gasteiger partial charge in [-0.15, -0.1) is 10.2 Å². The molecule has 0 radical (unpaired) electrons. The van der Waals surface area contributed by atoms with E-state index in [4.69, 9.17) is 4.74 Å². The van der Waals surface area contributed by atoms with Gasteiger partial charge in [-0.2, -0.15) is 22.8 Å². The van der Waals surface area contributed by atoms with E-state index < -0.39 is 11.7 Å². The number of carbonyl (C=O) groups excluding carboxylic acids is 1. The molecule has 2 aromatic carbocycles. The number of nitrogens with one attached hydrogen (secondary N) is 1. The molecule has 0 spiro atoms. The molecular formula is C23H20F3N5O2S. The third-order valence-electron chi connectivity index (χ3n) is 4.93. The summed E-state index contributed by atoms with van der Waals surface area (Å²) < 4.78 is 45.4. The number of alkyl halides is 3. The van der Waals surface area contributed by atoms with Crippen molar-refractivity contribution >= 4 is 23.3 Å². The van der Waals surface area contributed by atoms with Crippen LogP contribution in [-0.4, -0.2) is 39.4 Å². The number of fused-ring (bicyclic) bond motifs is 1. The summed E-state index contributed by atoms with van der Waals surface area (Å²) in [5.41, 5.74) is 0.928. The highest BCUT2D eigenvalue weighted by Crippen LogP contribution is 2.31. The van der Waals surface area contributed by atoms with Crippen LogP contribution in [0.3, 0.4) is 0 Å². The van der Waals surface area contributed by atoms with Crippen molar-refractivity contribution in [2.45, 2.75) is 23.4 Å². The van der Waals surface area contributed by atoms with Crippen LogP contribution >= 0.6 is 11.8 Å². The second-order valence-corrected chi connectivity index (χ2v) is 8.27. The Hall–Kier alpha value is -3.60. The summed E-state index contributed by atoms with van der Waals surface area (Å²) in [6.45, 7) is 0.328. The van der Waals surface area contributed by atoms with Crippen molar-refractivity contribution in [2.24, 2.45) is 0 Å². The zero-order valence-electron chi connectivity index (χ0n) is 18.0. The minimum absolute atomic E-state index is 0.221. The maximum Gasteiger partial charge on any atom is 0.416 e. The van der Waals surface area contributed by atoms with Crippen LogP contribution in [0.5, 0.6) is 5.75 Å². The van der Waals surface area contributed by atoms with Crippen LogP contribution in [-0.2, 0) is 18.3 Å². The molecule has 34 heavy (non-hydrogen) atoms. The Morgan fingerprint density at radius 1 is 1.09 bits per heavy atom. The van der Waals surface area contributed by atoms with E-state index in [1.54, 1.807) is 54.1 Å². The SMILES string of the molecule is COc1ccc(C(=O)NCCc2nnc3ccc(SCc4cccc(C(F)(F)F)c4)nn23)cc1. The van der Waals surface area contributed by atoms with E-state index in [-0.39, 0.29) is 5.91 Å². The Balaban J connectivity index is 1.38. The minimum atomic E-state index is -4.38. The number of aromatic nitrogens is 4. The lowest BCUT2D eigenvalue weighted by molar-refractivity contribution is -0.137. The van der Waals surface area contributed by atoms with Crippen molar-refractivity contribution < 1.29 is 22.7 Å². The molecule has 0 bridgehead atoms. The standard InChI is InChI=1S/C23H20F3N5O2S/c1-33-18-7-5-16(6-8-18)22(32)27-12-11-20-29-28-19-9-10-21(30-31(19)20)34-14-15-3-2-4-17(13-15)23(24,25)26/h2-10,13H,11-12,14H2,1H3,(H,27,32). The van der Waals surface area contributed by atoms with E-state index in [0.717, 1.165) is 12.1 Å². The summed E-state index contributed by atoms with van der Waals surface area (Å²) >= 11 is 1.31. The highest BCUT2D eigenvalue weighted by molar-refractivity contribution is 7.98. The number of rotatable bonds is 8. The average molecular weight is 488 g/mol. The third-order valence-corrected chi connectivity index (χ3v) is 5.92. The first-order valence-electron chi connectivity index (χ1n) is 10.3. The molecule has 176 valence electrons. The second-order valence-electron chi connectivity index (χ2n) is 7.28. The van der Waals surface area contributed by atoms with Crippen LogP contribution in [0, 0.1) is 0 Å². The number of hydrogen-bond acceptors (Lipinski definition) is 6. The summed E-state index contributed by atoms with van der Waals surface area (Å²) in [7, 11) is 1.56. The molecule has 4 rings (SSSR count). The van der Waals surface area contributed by atoms with Crippen LogP contribution in [0.25, 0.3) is 5.65 Å². The molecule has 0 aliphatic carbocycles. The van der Waals surface area contributed by atoms with Gasteiger partial charge in [0.15, 0.2) is 11.5 Å². The minimum Gasteiger partial charge on any atom is -0.497 e. The lowest BCUT2D eigenvalue weighted by Gasteiger charge is -2.08. The van der Waals surface area contributed by atoms with Gasteiger partial charge in [-0.05, 0) is 48.0 Å². The first-order chi connectivity index (χ1) is 16.3. The smallest absolute Gasteiger partial charge is 0.416 e. The van der Waals surface area contributed by atoms with Crippen molar-refractivity contribution in [3.05, 3.63) is 83.2 Å². The van der Waals surface area contributed by atoms with Crippen LogP contribution < -0.4 is 10.1 Å². The number of nitrogens with zero attached hydrogens (tertiary/aromatic N) is 4. The molecule has 0 saturated carbocycles. The molecule has 0 saturated heterocycles. The molecular weight excluding hydrogens is 467 g/mol. The zero-order valence-corrected chi connectivity index (χ0v) is 18.9. The topological polar surface area (TPSA) is 81.4 Å². The number of ether oxygens (including phenoxy) is 1. The normalized spacial score (nSPS) is 11.5. The van der Waals surface area contributed by atoms with Gasteiger partial charge in [0.1, 0.15) is 10.8 Å². The lowest BCUT2D eigenvalue weighted by Crippen LogP contribution is -2.26. The molecule has 0 aliphatic rings. The van der Waals surface area contributed by atoms with Crippen LogP contribution in [0.2, 0.25) is 0 Å². The number of benzene rings is 2. The summed E-state index contributed by atoms with van der Waals surface area (Å²) in [4.78, 5) is 12.3. The largest absolute Gasteiger partial charge is 0.497 e. The summed E-state index contributed by atoms with van der Waals surface area (Å²) in [6.07, 6.45) is -3.98. The predicted molar refractivity (Wildman–Crippen MR) is 121 cm³/mol. The van der Waals surface area contributed by atoms with Gasteiger partial charge in [0.05, 0.1) is 12.7 Å². The second kappa shape index (κ2) is 10.1. The molecule has 0 aliphatic heterocycles. The Bertz CT molecular complexity index is 1290. The van der Waals surface area contributed by atoms with Crippen LogP contribution in [0.4, 0.5) is 13.2 Å². The molecule has 11 heteroatoms. The number of carbonyl (C=O) groups is 1. The van der Waals surface area contributed by atoms with E-state index in [0.29, 0.717) is 52.1 Å². The molecule has 0 fully saturated rings. The van der Waals surface area contributed by atoms with Gasteiger partial charge in [-0.3, -0.25) is 4.79 Å². The maximum absolute atomic E-state index is 12.9. The molecule has 1 N–H and O–H groups in total. The number of halogens is 3. The fourth-order valence-corrected chi connectivity index (χ4v) is 3.97. The third kappa shape index (κ3) is 5.66. The number of amides is 1. The molecule has 7 nitrogen and oxygen atoms in total. The summed E-state index contributed by atoms with van der Waals surface area (Å²) in [6, 6.07) is 15.5. The molecule has 0 atom stereocenters. The fourth-order valence-electron chi connectivity index (χ4n) is 3.18. The van der Waals surface area contributed by atoms with Gasteiger partial charge in [-0.25, -0.2) is 0 Å². The van der Waals surface area contributed by atoms with Gasteiger partial charge in [0, 0.05) is 24.3 Å². The highest BCUT2D eigenvalue weighted by Gasteiger charge is 2.30. The number of methoxy groups -OCH3 is 1. The highest BCUT2D eigenvalue weighted by atomic mass is 32.2. The Labute approximate surface area is 197 Å².